The van der Waals surface area contributed by atoms with Crippen LogP contribution in [0.3, 0.4) is 0 Å². The third-order valence-electron chi connectivity index (χ3n) is 4.20. The average Bonchev–Trinajstić information content (AvgIpc) is 2.64. The number of piperidine rings is 1. The number of nitrogens with zero attached hydrogens (tertiary/aromatic N) is 3. The van der Waals surface area contributed by atoms with Crippen molar-refractivity contribution in [1.29, 1.82) is 0 Å². The Hall–Kier alpha value is -0.740. The molecule has 0 aliphatic carbocycles. The van der Waals surface area contributed by atoms with Crippen LogP contribution in [0.2, 0.25) is 0 Å². The fraction of sp³-hybridized carbons (Fsp3) is 0.923. The summed E-state index contributed by atoms with van der Waals surface area (Å²) in [5.74, 6) is -0.227. The Morgan fingerprint density at radius 1 is 1.36 bits per heavy atom. The van der Waals surface area contributed by atoms with E-state index in [4.69, 9.17) is 9.47 Å². The second-order valence-electron chi connectivity index (χ2n) is 5.77. The van der Waals surface area contributed by atoms with Gasteiger partial charge < -0.3 is 14.4 Å². The highest BCUT2D eigenvalue weighted by atomic mass is 32.2. The summed E-state index contributed by atoms with van der Waals surface area (Å²) in [6.07, 6.45) is 0.114. The summed E-state index contributed by atoms with van der Waals surface area (Å²) in [6.45, 7) is 2.55. The van der Waals surface area contributed by atoms with Crippen LogP contribution in [0.5, 0.6) is 0 Å². The van der Waals surface area contributed by atoms with Crippen molar-refractivity contribution >= 4 is 16.1 Å². The maximum absolute atomic E-state index is 12.6. The first-order valence-electron chi connectivity index (χ1n) is 7.45. The van der Waals surface area contributed by atoms with Crippen LogP contribution in [0.1, 0.15) is 6.42 Å². The van der Waals surface area contributed by atoms with E-state index in [-0.39, 0.29) is 24.5 Å². The van der Waals surface area contributed by atoms with Gasteiger partial charge in [0.1, 0.15) is 0 Å². The monoisotopic (exact) mass is 335 g/mol. The molecule has 1 amide bonds. The van der Waals surface area contributed by atoms with Crippen molar-refractivity contribution in [3.05, 3.63) is 0 Å². The Kier molecular flexibility index (Phi) is 5.78. The second-order valence-corrected chi connectivity index (χ2v) is 7.91. The van der Waals surface area contributed by atoms with E-state index in [0.717, 1.165) is 0 Å². The van der Waals surface area contributed by atoms with Gasteiger partial charge in [-0.3, -0.25) is 4.79 Å². The first-order chi connectivity index (χ1) is 10.4. The van der Waals surface area contributed by atoms with Crippen molar-refractivity contribution in [3.63, 3.8) is 0 Å². The SMILES string of the molecule is COCCN1CCO[C@H]2CN(S(=O)(=O)N(C)C)CC[C@H]2C1=O. The van der Waals surface area contributed by atoms with E-state index in [1.807, 2.05) is 0 Å². The molecule has 0 aromatic rings. The van der Waals surface area contributed by atoms with E-state index in [0.29, 0.717) is 39.3 Å². The van der Waals surface area contributed by atoms with Gasteiger partial charge >= 0.3 is 0 Å². The lowest BCUT2D eigenvalue weighted by Gasteiger charge is -2.37. The Morgan fingerprint density at radius 3 is 2.73 bits per heavy atom. The van der Waals surface area contributed by atoms with Crippen molar-refractivity contribution in [2.45, 2.75) is 12.5 Å². The van der Waals surface area contributed by atoms with Gasteiger partial charge in [-0.1, -0.05) is 0 Å². The van der Waals surface area contributed by atoms with E-state index in [1.54, 1.807) is 12.0 Å². The van der Waals surface area contributed by atoms with Gasteiger partial charge in [0.25, 0.3) is 10.2 Å². The molecule has 2 aliphatic heterocycles. The first kappa shape index (κ1) is 17.6. The predicted molar refractivity (Wildman–Crippen MR) is 80.5 cm³/mol. The summed E-state index contributed by atoms with van der Waals surface area (Å²) < 4.78 is 37.8. The molecule has 0 unspecified atom stereocenters. The molecular formula is C13H25N3O5S. The minimum Gasteiger partial charge on any atom is -0.383 e. The van der Waals surface area contributed by atoms with Gasteiger partial charge in [-0.25, -0.2) is 0 Å². The van der Waals surface area contributed by atoms with Crippen molar-refractivity contribution in [2.75, 3.05) is 60.6 Å². The van der Waals surface area contributed by atoms with Gasteiger partial charge in [0.05, 0.1) is 25.2 Å². The largest absolute Gasteiger partial charge is 0.383 e. The van der Waals surface area contributed by atoms with Crippen LogP contribution in [0.25, 0.3) is 0 Å². The van der Waals surface area contributed by atoms with Crippen LogP contribution in [-0.2, 0) is 24.5 Å². The first-order valence-corrected chi connectivity index (χ1v) is 8.84. The molecule has 0 bridgehead atoms. The lowest BCUT2D eigenvalue weighted by molar-refractivity contribution is -0.138. The molecule has 2 heterocycles. The van der Waals surface area contributed by atoms with Gasteiger partial charge in [0.2, 0.25) is 5.91 Å². The molecular weight excluding hydrogens is 310 g/mol. The molecule has 0 aromatic carbocycles. The highest BCUT2D eigenvalue weighted by molar-refractivity contribution is 7.86. The van der Waals surface area contributed by atoms with Crippen LogP contribution in [0.4, 0.5) is 0 Å². The molecule has 8 nitrogen and oxygen atoms in total. The van der Waals surface area contributed by atoms with Gasteiger partial charge in [-0.05, 0) is 6.42 Å². The molecule has 128 valence electrons. The zero-order chi connectivity index (χ0) is 16.3. The van der Waals surface area contributed by atoms with Crippen LogP contribution in [0, 0.1) is 5.92 Å². The molecule has 0 spiro atoms. The van der Waals surface area contributed by atoms with Crippen molar-refractivity contribution in [2.24, 2.45) is 5.92 Å². The van der Waals surface area contributed by atoms with E-state index >= 15 is 0 Å². The standard InChI is InChI=1S/C13H25N3O5S/c1-14(2)22(18,19)16-5-4-11-12(10-16)21-9-7-15(13(11)17)6-8-20-3/h11-12H,4-10H2,1-3H3/t11-,12+/m1/s1. The van der Waals surface area contributed by atoms with Crippen LogP contribution in [-0.4, -0.2) is 94.5 Å². The Balaban J connectivity index is 2.07. The number of carbonyl (C=O) groups excluding carboxylic acids is 1. The highest BCUT2D eigenvalue weighted by Crippen LogP contribution is 2.27. The molecule has 2 aliphatic rings. The third kappa shape index (κ3) is 3.60. The molecule has 0 N–H and O–H groups in total. The predicted octanol–water partition coefficient (Wildman–Crippen LogP) is -1.01. The molecule has 9 heteroatoms. The Bertz CT molecular complexity index is 496. The van der Waals surface area contributed by atoms with Gasteiger partial charge in [-0.2, -0.15) is 17.0 Å². The van der Waals surface area contributed by atoms with E-state index in [9.17, 15) is 13.2 Å². The van der Waals surface area contributed by atoms with Crippen molar-refractivity contribution in [1.82, 2.24) is 13.5 Å². The van der Waals surface area contributed by atoms with E-state index < -0.39 is 10.2 Å². The Labute approximate surface area is 132 Å². The smallest absolute Gasteiger partial charge is 0.281 e. The lowest BCUT2D eigenvalue weighted by atomic mass is 9.93. The van der Waals surface area contributed by atoms with Crippen molar-refractivity contribution in [3.8, 4) is 0 Å². The van der Waals surface area contributed by atoms with E-state index in [1.165, 1.54) is 22.7 Å². The van der Waals surface area contributed by atoms with Gasteiger partial charge in [0.15, 0.2) is 0 Å². The number of rotatable bonds is 5. The van der Waals surface area contributed by atoms with Crippen LogP contribution >= 0.6 is 0 Å². The molecule has 2 atom stereocenters. The normalized spacial score (nSPS) is 27.8. The van der Waals surface area contributed by atoms with Crippen LogP contribution < -0.4 is 0 Å². The van der Waals surface area contributed by atoms with Crippen LogP contribution in [0.15, 0.2) is 0 Å². The van der Waals surface area contributed by atoms with Gasteiger partial charge in [0, 0.05) is 47.4 Å². The topological polar surface area (TPSA) is 79.4 Å². The summed E-state index contributed by atoms with van der Waals surface area (Å²) >= 11 is 0. The molecule has 22 heavy (non-hydrogen) atoms. The minimum atomic E-state index is -3.47. The highest BCUT2D eigenvalue weighted by Gasteiger charge is 2.42. The summed E-state index contributed by atoms with van der Waals surface area (Å²) in [5, 5.41) is 0. The number of hydrogen-bond acceptors (Lipinski definition) is 5. The third-order valence-corrected chi connectivity index (χ3v) is 6.10. The fourth-order valence-electron chi connectivity index (χ4n) is 2.86. The van der Waals surface area contributed by atoms with E-state index in [2.05, 4.69) is 0 Å². The summed E-state index contributed by atoms with van der Waals surface area (Å²) in [6, 6.07) is 0. The number of hydrogen-bond donors (Lipinski definition) is 0. The number of fused-ring (bicyclic) bond motifs is 1. The Morgan fingerprint density at radius 2 is 2.09 bits per heavy atom. The lowest BCUT2D eigenvalue weighted by Crippen LogP contribution is -2.53. The summed E-state index contributed by atoms with van der Waals surface area (Å²) in [5.41, 5.74) is 0. The summed E-state index contributed by atoms with van der Waals surface area (Å²) in [4.78, 5) is 14.3. The van der Waals surface area contributed by atoms with Gasteiger partial charge in [-0.15, -0.1) is 0 Å². The van der Waals surface area contributed by atoms with Crippen molar-refractivity contribution < 1.29 is 22.7 Å². The molecule has 2 rings (SSSR count). The molecule has 0 radical (unpaired) electrons. The minimum absolute atomic E-state index is 0.0430. The second kappa shape index (κ2) is 7.22. The number of amides is 1. The maximum atomic E-state index is 12.6. The number of ether oxygens (including phenoxy) is 2. The zero-order valence-electron chi connectivity index (χ0n) is 13.4. The average molecular weight is 335 g/mol. The molecule has 2 fully saturated rings. The fourth-order valence-corrected chi connectivity index (χ4v) is 4.00. The quantitative estimate of drug-likeness (QED) is 0.643. The molecule has 0 saturated carbocycles. The summed E-state index contributed by atoms with van der Waals surface area (Å²) in [7, 11) is 1.15. The number of carbonyl (C=O) groups is 1. The number of methoxy groups -OCH3 is 1. The zero-order valence-corrected chi connectivity index (χ0v) is 14.2. The molecule has 2 saturated heterocycles. The maximum Gasteiger partial charge on any atom is 0.281 e. The molecule has 0 aromatic heterocycles.